The number of piperazine rings is 1. The Balaban J connectivity index is 0.000000775. The van der Waals surface area contributed by atoms with E-state index in [-0.39, 0.29) is 12.5 Å². The molecule has 0 radical (unpaired) electrons. The third-order valence-corrected chi connectivity index (χ3v) is 5.67. The zero-order valence-corrected chi connectivity index (χ0v) is 18.2. The quantitative estimate of drug-likeness (QED) is 0.526. The van der Waals surface area contributed by atoms with Gasteiger partial charge < -0.3 is 20.6 Å². The number of benzene rings is 1. The normalized spacial score (nSPS) is 17.5. The summed E-state index contributed by atoms with van der Waals surface area (Å²) in [5, 5.41) is 18.8. The van der Waals surface area contributed by atoms with E-state index in [1.54, 1.807) is 9.58 Å². The average molecular weight is 438 g/mol. The fourth-order valence-corrected chi connectivity index (χ4v) is 4.34. The summed E-state index contributed by atoms with van der Waals surface area (Å²) >= 11 is 0. The molecule has 2 aromatic heterocycles. The molecule has 0 bridgehead atoms. The second-order valence-corrected chi connectivity index (χ2v) is 7.95. The summed E-state index contributed by atoms with van der Waals surface area (Å²) in [6.45, 7) is 5.50. The first-order chi connectivity index (χ1) is 15.5. The first kappa shape index (κ1) is 21.6. The average Bonchev–Trinajstić information content (AvgIpc) is 3.36. The lowest BCUT2D eigenvalue weighted by molar-refractivity contribution is -0.122. The zero-order valence-electron chi connectivity index (χ0n) is 18.2. The molecule has 0 spiro atoms. The van der Waals surface area contributed by atoms with E-state index in [1.807, 2.05) is 37.6 Å². The predicted octanol–water partition coefficient (Wildman–Crippen LogP) is 2.06. The maximum atomic E-state index is 13.0. The number of carbonyl (C=O) groups excluding carboxylic acids is 1. The molecule has 2 aliphatic heterocycles. The number of anilines is 3. The van der Waals surface area contributed by atoms with Gasteiger partial charge in [-0.3, -0.25) is 14.4 Å². The Morgan fingerprint density at radius 3 is 2.91 bits per heavy atom. The fraction of sp³-hybridized carbons (Fsp3) is 0.364. The number of rotatable bonds is 2. The molecule has 32 heavy (non-hydrogen) atoms. The van der Waals surface area contributed by atoms with Gasteiger partial charge in [0.2, 0.25) is 0 Å². The van der Waals surface area contributed by atoms with E-state index < -0.39 is 0 Å². The van der Waals surface area contributed by atoms with Gasteiger partial charge in [0.1, 0.15) is 5.82 Å². The lowest BCUT2D eigenvalue weighted by Gasteiger charge is -2.34. The molecule has 10 heteroatoms. The number of nitrogens with zero attached hydrogens (tertiary/aromatic N) is 5. The highest BCUT2D eigenvalue weighted by Crippen LogP contribution is 2.34. The molecule has 0 aliphatic carbocycles. The van der Waals surface area contributed by atoms with Gasteiger partial charge in [-0.25, -0.2) is 9.78 Å². The lowest BCUT2D eigenvalue weighted by Crippen LogP contribution is -2.49. The molecule has 3 aromatic rings. The summed E-state index contributed by atoms with van der Waals surface area (Å²) in [7, 11) is 1.89. The number of aromatic nitrogens is 3. The zero-order chi connectivity index (χ0) is 22.7. The molecule has 2 aliphatic rings. The number of fused-ring (bicyclic) bond motifs is 2. The van der Waals surface area contributed by atoms with E-state index in [2.05, 4.69) is 38.6 Å². The van der Waals surface area contributed by atoms with Crippen LogP contribution in [-0.4, -0.2) is 64.6 Å². The number of hydrogen-bond acceptors (Lipinski definition) is 6. The minimum Gasteiger partial charge on any atom is -0.483 e. The Morgan fingerprint density at radius 1 is 1.31 bits per heavy atom. The van der Waals surface area contributed by atoms with E-state index in [1.165, 1.54) is 11.3 Å². The lowest BCUT2D eigenvalue weighted by atomic mass is 10.1. The first-order valence-electron chi connectivity index (χ1n) is 10.6. The van der Waals surface area contributed by atoms with Crippen LogP contribution in [-0.2, 0) is 18.3 Å². The van der Waals surface area contributed by atoms with Crippen LogP contribution in [0.1, 0.15) is 12.5 Å². The van der Waals surface area contributed by atoms with Crippen LogP contribution >= 0.6 is 0 Å². The van der Waals surface area contributed by atoms with Gasteiger partial charge >= 0.3 is 6.03 Å². The summed E-state index contributed by atoms with van der Waals surface area (Å²) in [4.78, 5) is 30.0. The van der Waals surface area contributed by atoms with Gasteiger partial charge in [0, 0.05) is 74.0 Å². The molecule has 2 amide bonds. The van der Waals surface area contributed by atoms with Gasteiger partial charge in [-0.15, -0.1) is 0 Å². The minimum absolute atomic E-state index is 0.148. The Kier molecular flexibility index (Phi) is 6.22. The largest absolute Gasteiger partial charge is 0.483 e. The number of carboxylic acid groups (broad SMARTS) is 1. The van der Waals surface area contributed by atoms with Crippen molar-refractivity contribution < 1.29 is 14.7 Å². The summed E-state index contributed by atoms with van der Waals surface area (Å²) in [6, 6.07) is 8.14. The van der Waals surface area contributed by atoms with Gasteiger partial charge in [-0.1, -0.05) is 0 Å². The van der Waals surface area contributed by atoms with Gasteiger partial charge in [-0.2, -0.15) is 5.10 Å². The van der Waals surface area contributed by atoms with Gasteiger partial charge in [0.05, 0.1) is 5.52 Å². The smallest absolute Gasteiger partial charge is 0.327 e. The van der Waals surface area contributed by atoms with E-state index >= 15 is 0 Å². The van der Waals surface area contributed by atoms with Crippen LogP contribution in [0.2, 0.25) is 0 Å². The fourth-order valence-electron chi connectivity index (χ4n) is 4.34. The van der Waals surface area contributed by atoms with Crippen molar-refractivity contribution in [2.45, 2.75) is 19.4 Å². The third kappa shape index (κ3) is 4.35. The number of pyridine rings is 1. The molecule has 4 heterocycles. The number of nitrogens with one attached hydrogen (secondary N) is 2. The van der Waals surface area contributed by atoms with Crippen LogP contribution in [0.15, 0.2) is 36.7 Å². The Labute approximate surface area is 185 Å². The molecule has 1 aromatic carbocycles. The highest BCUT2D eigenvalue weighted by atomic mass is 16.3. The Hall–Kier alpha value is -3.66. The molecule has 0 saturated carbocycles. The van der Waals surface area contributed by atoms with Crippen molar-refractivity contribution in [3.8, 4) is 0 Å². The van der Waals surface area contributed by atoms with E-state index in [0.29, 0.717) is 12.6 Å². The van der Waals surface area contributed by atoms with E-state index in [4.69, 9.17) is 9.90 Å². The summed E-state index contributed by atoms with van der Waals surface area (Å²) in [5.41, 5.74) is 4.04. The maximum absolute atomic E-state index is 13.0. The van der Waals surface area contributed by atoms with Crippen molar-refractivity contribution in [1.29, 1.82) is 0 Å². The van der Waals surface area contributed by atoms with Crippen LogP contribution in [0.3, 0.4) is 0 Å². The van der Waals surface area contributed by atoms with Gasteiger partial charge in [0.25, 0.3) is 6.47 Å². The number of aryl methyl sites for hydroxylation is 1. The van der Waals surface area contributed by atoms with Crippen molar-refractivity contribution in [2.24, 2.45) is 7.05 Å². The first-order valence-corrected chi connectivity index (χ1v) is 10.6. The molecule has 1 atom stereocenters. The Morgan fingerprint density at radius 2 is 2.12 bits per heavy atom. The standard InChI is InChI=1S/C21H25N7O.CH2O2/c1-14-12-27(10-8-22-14)19-5-7-23-20-17(19)6-9-28(20)21(29)24-16-3-4-18-15(11-16)13-26(2)25-18;2-1-3/h3-5,7,11,13-14,22H,6,8-10,12H2,1-2H3,(H,24,29);1H,(H,2,3)/t14-;/m1./s1. The van der Waals surface area contributed by atoms with E-state index in [9.17, 15) is 4.79 Å². The number of hydrogen-bond donors (Lipinski definition) is 3. The van der Waals surface area contributed by atoms with Crippen LogP contribution in [0.25, 0.3) is 10.9 Å². The van der Waals surface area contributed by atoms with Crippen LogP contribution < -0.4 is 20.4 Å². The number of carbonyl (C=O) groups is 2. The molecule has 3 N–H and O–H groups in total. The summed E-state index contributed by atoms with van der Waals surface area (Å²) in [6.07, 6.45) is 4.58. The second kappa shape index (κ2) is 9.23. The highest BCUT2D eigenvalue weighted by Gasteiger charge is 2.30. The van der Waals surface area contributed by atoms with E-state index in [0.717, 1.165) is 48.5 Å². The summed E-state index contributed by atoms with van der Waals surface area (Å²) in [5.74, 6) is 0.772. The third-order valence-electron chi connectivity index (χ3n) is 5.67. The van der Waals surface area contributed by atoms with Crippen molar-refractivity contribution >= 4 is 40.6 Å². The number of urea groups is 1. The second-order valence-electron chi connectivity index (χ2n) is 7.95. The van der Waals surface area contributed by atoms with Crippen molar-refractivity contribution in [3.05, 3.63) is 42.2 Å². The molecule has 0 unspecified atom stereocenters. The molecule has 10 nitrogen and oxygen atoms in total. The molecule has 1 fully saturated rings. The highest BCUT2D eigenvalue weighted by molar-refractivity contribution is 6.03. The summed E-state index contributed by atoms with van der Waals surface area (Å²) < 4.78 is 1.77. The monoisotopic (exact) mass is 437 g/mol. The Bertz CT molecular complexity index is 1130. The van der Waals surface area contributed by atoms with Crippen LogP contribution in [0, 0.1) is 0 Å². The SMILES string of the molecule is C[C@@H]1CN(c2ccnc3c2CCN3C(=O)Nc2ccc3nn(C)cc3c2)CCN1.O=CO. The molecule has 1 saturated heterocycles. The van der Waals surface area contributed by atoms with Crippen LogP contribution in [0.5, 0.6) is 0 Å². The topological polar surface area (TPSA) is 116 Å². The minimum atomic E-state index is -0.250. The molecular weight excluding hydrogens is 410 g/mol. The van der Waals surface area contributed by atoms with Gasteiger partial charge in [-0.05, 0) is 37.6 Å². The number of amides is 2. The molecule has 5 rings (SSSR count). The molecular formula is C22H27N7O3. The van der Waals surface area contributed by atoms with Crippen molar-refractivity contribution in [2.75, 3.05) is 41.3 Å². The van der Waals surface area contributed by atoms with Crippen molar-refractivity contribution in [3.63, 3.8) is 0 Å². The molecule has 168 valence electrons. The maximum Gasteiger partial charge on any atom is 0.327 e. The predicted molar refractivity (Wildman–Crippen MR) is 123 cm³/mol. The van der Waals surface area contributed by atoms with Crippen LogP contribution in [0.4, 0.5) is 22.0 Å². The van der Waals surface area contributed by atoms with Gasteiger partial charge in [0.15, 0.2) is 0 Å². The van der Waals surface area contributed by atoms with Crippen molar-refractivity contribution in [1.82, 2.24) is 20.1 Å².